The summed E-state index contributed by atoms with van der Waals surface area (Å²) in [6, 6.07) is 14.1. The lowest BCUT2D eigenvalue weighted by atomic mass is 10.2. The molecule has 3 amide bonds. The molecule has 1 heterocycles. The van der Waals surface area contributed by atoms with Crippen molar-refractivity contribution in [1.29, 1.82) is 0 Å². The smallest absolute Gasteiger partial charge is 0.322 e. The summed E-state index contributed by atoms with van der Waals surface area (Å²) in [4.78, 5) is 26.9. The minimum absolute atomic E-state index is 0.180. The van der Waals surface area contributed by atoms with E-state index in [4.69, 9.17) is 4.74 Å². The molecule has 0 radical (unpaired) electrons. The summed E-state index contributed by atoms with van der Waals surface area (Å²) < 4.78 is 5.46. The van der Waals surface area contributed by atoms with Crippen LogP contribution in [0.4, 0.5) is 16.2 Å². The van der Waals surface area contributed by atoms with Crippen LogP contribution in [0.15, 0.2) is 48.5 Å². The van der Waals surface area contributed by atoms with Gasteiger partial charge in [-0.15, -0.1) is 0 Å². The molecule has 0 spiro atoms. The molecule has 142 valence electrons. The van der Waals surface area contributed by atoms with Crippen LogP contribution in [0.1, 0.15) is 25.3 Å². The van der Waals surface area contributed by atoms with E-state index in [1.54, 1.807) is 11.0 Å². The van der Waals surface area contributed by atoms with Crippen LogP contribution in [0.25, 0.3) is 0 Å². The fraction of sp³-hybridized carbons (Fsp3) is 0.333. The Kier molecular flexibility index (Phi) is 5.96. The molecule has 0 unspecified atom stereocenters. The number of hydrogen-bond donors (Lipinski definition) is 2. The lowest BCUT2D eigenvalue weighted by molar-refractivity contribution is -0.119. The number of amides is 3. The number of nitrogens with zero attached hydrogens (tertiary/aromatic N) is 1. The van der Waals surface area contributed by atoms with Gasteiger partial charge in [0.1, 0.15) is 11.8 Å². The number of carbonyl (C=O) groups is 2. The Morgan fingerprint density at radius 1 is 1.11 bits per heavy atom. The number of nitrogens with one attached hydrogen (secondary N) is 2. The van der Waals surface area contributed by atoms with Crippen LogP contribution in [-0.4, -0.2) is 36.0 Å². The summed E-state index contributed by atoms with van der Waals surface area (Å²) >= 11 is 0. The molecule has 0 bridgehead atoms. The quantitative estimate of drug-likeness (QED) is 0.838. The molecular weight excluding hydrogens is 342 g/mol. The Balaban J connectivity index is 1.64. The standard InChI is InChI=1S/C21H25N3O3/c1-3-27-18-7-4-6-17(14-18)22-20(25)19-8-5-13-24(19)21(26)23-16-11-9-15(2)10-12-16/h4,6-7,9-12,14,19H,3,5,8,13H2,1-2H3,(H,22,25)(H,23,26)/t19-/m1/s1. The summed E-state index contributed by atoms with van der Waals surface area (Å²) in [5.74, 6) is 0.524. The van der Waals surface area contributed by atoms with Crippen molar-refractivity contribution < 1.29 is 14.3 Å². The normalized spacial score (nSPS) is 16.1. The summed E-state index contributed by atoms with van der Waals surface area (Å²) in [7, 11) is 0. The zero-order chi connectivity index (χ0) is 19.2. The van der Waals surface area contributed by atoms with Gasteiger partial charge in [-0.3, -0.25) is 4.79 Å². The Morgan fingerprint density at radius 3 is 2.63 bits per heavy atom. The molecule has 2 N–H and O–H groups in total. The van der Waals surface area contributed by atoms with Gasteiger partial charge in [-0.1, -0.05) is 23.8 Å². The van der Waals surface area contributed by atoms with E-state index in [1.165, 1.54) is 0 Å². The fourth-order valence-electron chi connectivity index (χ4n) is 3.17. The number of carbonyl (C=O) groups excluding carboxylic acids is 2. The van der Waals surface area contributed by atoms with Crippen LogP contribution in [0.5, 0.6) is 5.75 Å². The third-order valence-corrected chi connectivity index (χ3v) is 4.53. The highest BCUT2D eigenvalue weighted by molar-refractivity contribution is 5.99. The maximum atomic E-state index is 12.7. The van der Waals surface area contributed by atoms with Crippen molar-refractivity contribution in [2.24, 2.45) is 0 Å². The average Bonchev–Trinajstić information content (AvgIpc) is 3.14. The third-order valence-electron chi connectivity index (χ3n) is 4.53. The van der Waals surface area contributed by atoms with Gasteiger partial charge in [0.05, 0.1) is 6.61 Å². The monoisotopic (exact) mass is 367 g/mol. The van der Waals surface area contributed by atoms with E-state index in [0.29, 0.717) is 31.0 Å². The topological polar surface area (TPSA) is 70.7 Å². The predicted octanol–water partition coefficient (Wildman–Crippen LogP) is 4.03. The Bertz CT molecular complexity index is 805. The molecule has 1 atom stereocenters. The van der Waals surface area contributed by atoms with Gasteiger partial charge in [-0.2, -0.15) is 0 Å². The Morgan fingerprint density at radius 2 is 1.89 bits per heavy atom. The molecule has 1 aliphatic rings. The first-order chi connectivity index (χ1) is 13.1. The van der Waals surface area contributed by atoms with Gasteiger partial charge in [0.2, 0.25) is 5.91 Å². The Hall–Kier alpha value is -3.02. The van der Waals surface area contributed by atoms with Gasteiger partial charge in [-0.25, -0.2) is 4.79 Å². The van der Waals surface area contributed by atoms with Crippen LogP contribution in [0, 0.1) is 6.92 Å². The molecule has 27 heavy (non-hydrogen) atoms. The summed E-state index contributed by atoms with van der Waals surface area (Å²) in [6.07, 6.45) is 1.46. The van der Waals surface area contributed by atoms with Crippen LogP contribution in [-0.2, 0) is 4.79 Å². The van der Waals surface area contributed by atoms with Crippen molar-refractivity contribution in [1.82, 2.24) is 4.90 Å². The number of aryl methyl sites for hydroxylation is 1. The maximum Gasteiger partial charge on any atom is 0.322 e. The summed E-state index contributed by atoms with van der Waals surface area (Å²) in [5.41, 5.74) is 2.51. The molecular formula is C21H25N3O3. The molecule has 6 nitrogen and oxygen atoms in total. The summed E-state index contributed by atoms with van der Waals surface area (Å²) in [5, 5.41) is 5.77. The number of anilines is 2. The van der Waals surface area contributed by atoms with E-state index in [9.17, 15) is 9.59 Å². The number of likely N-dealkylation sites (tertiary alicyclic amines) is 1. The summed E-state index contributed by atoms with van der Waals surface area (Å²) in [6.45, 7) is 5.03. The third kappa shape index (κ3) is 4.78. The van der Waals surface area contributed by atoms with E-state index in [1.807, 2.05) is 56.3 Å². The molecule has 0 aromatic heterocycles. The van der Waals surface area contributed by atoms with E-state index in [2.05, 4.69) is 10.6 Å². The lowest BCUT2D eigenvalue weighted by Gasteiger charge is -2.24. The van der Waals surface area contributed by atoms with Gasteiger partial charge >= 0.3 is 6.03 Å². The molecule has 2 aromatic rings. The lowest BCUT2D eigenvalue weighted by Crippen LogP contribution is -2.45. The van der Waals surface area contributed by atoms with Gasteiger partial charge in [0, 0.05) is 24.0 Å². The van der Waals surface area contributed by atoms with E-state index >= 15 is 0 Å². The number of rotatable bonds is 5. The molecule has 3 rings (SSSR count). The first kappa shape index (κ1) is 18.8. The van der Waals surface area contributed by atoms with Crippen LogP contribution < -0.4 is 15.4 Å². The van der Waals surface area contributed by atoms with Crippen LogP contribution in [0.3, 0.4) is 0 Å². The fourth-order valence-corrected chi connectivity index (χ4v) is 3.17. The molecule has 2 aromatic carbocycles. The van der Waals surface area contributed by atoms with Crippen LogP contribution in [0.2, 0.25) is 0 Å². The van der Waals surface area contributed by atoms with Crippen molar-refractivity contribution >= 4 is 23.3 Å². The highest BCUT2D eigenvalue weighted by Crippen LogP contribution is 2.22. The highest BCUT2D eigenvalue weighted by atomic mass is 16.5. The van der Waals surface area contributed by atoms with E-state index < -0.39 is 6.04 Å². The zero-order valence-corrected chi connectivity index (χ0v) is 15.7. The predicted molar refractivity (Wildman–Crippen MR) is 106 cm³/mol. The first-order valence-electron chi connectivity index (χ1n) is 9.25. The second-order valence-electron chi connectivity index (χ2n) is 6.60. The molecule has 6 heteroatoms. The highest BCUT2D eigenvalue weighted by Gasteiger charge is 2.34. The minimum Gasteiger partial charge on any atom is -0.494 e. The molecule has 1 saturated heterocycles. The SMILES string of the molecule is CCOc1cccc(NC(=O)[C@H]2CCCN2C(=O)Nc2ccc(C)cc2)c1. The molecule has 1 fully saturated rings. The first-order valence-corrected chi connectivity index (χ1v) is 9.25. The number of benzene rings is 2. The Labute approximate surface area is 159 Å². The van der Waals surface area contributed by atoms with Crippen LogP contribution >= 0.6 is 0 Å². The van der Waals surface area contributed by atoms with Gasteiger partial charge < -0.3 is 20.3 Å². The largest absolute Gasteiger partial charge is 0.494 e. The minimum atomic E-state index is -0.480. The van der Waals surface area contributed by atoms with E-state index in [-0.39, 0.29) is 11.9 Å². The average molecular weight is 367 g/mol. The molecule has 1 aliphatic heterocycles. The van der Waals surface area contributed by atoms with Crippen molar-refractivity contribution in [3.63, 3.8) is 0 Å². The maximum absolute atomic E-state index is 12.7. The second kappa shape index (κ2) is 8.58. The van der Waals surface area contributed by atoms with Crippen molar-refractivity contribution in [2.45, 2.75) is 32.7 Å². The number of urea groups is 1. The molecule has 0 aliphatic carbocycles. The van der Waals surface area contributed by atoms with E-state index in [0.717, 1.165) is 17.7 Å². The number of ether oxygens (including phenoxy) is 1. The van der Waals surface area contributed by atoms with Gasteiger partial charge in [0.25, 0.3) is 0 Å². The van der Waals surface area contributed by atoms with Crippen molar-refractivity contribution in [3.05, 3.63) is 54.1 Å². The van der Waals surface area contributed by atoms with Crippen molar-refractivity contribution in [3.8, 4) is 5.75 Å². The van der Waals surface area contributed by atoms with Gasteiger partial charge in [-0.05, 0) is 51.0 Å². The zero-order valence-electron chi connectivity index (χ0n) is 15.7. The molecule has 0 saturated carbocycles. The van der Waals surface area contributed by atoms with Gasteiger partial charge in [0.15, 0.2) is 0 Å². The second-order valence-corrected chi connectivity index (χ2v) is 6.60. The number of hydrogen-bond acceptors (Lipinski definition) is 3. The van der Waals surface area contributed by atoms with Crippen molar-refractivity contribution in [2.75, 3.05) is 23.8 Å².